The van der Waals surface area contributed by atoms with E-state index in [4.69, 9.17) is 0 Å². The van der Waals surface area contributed by atoms with E-state index in [1.807, 2.05) is 27.7 Å². The highest BCUT2D eigenvalue weighted by molar-refractivity contribution is 5.89. The van der Waals surface area contributed by atoms with Gasteiger partial charge in [0.25, 0.3) is 0 Å². The van der Waals surface area contributed by atoms with Gasteiger partial charge in [-0.15, -0.1) is 0 Å². The molecular weight excluding hydrogens is 613 g/mol. The standard InChI is InChI=1S/C36H42.C7H16.C4H10.2C2H6/c1-23(2)28(7)32(15-10-9-12-30-13-11-14-31-22-24(3)16-20-34(30)31)33-21-19-27(6)36(29(33)8)35-25(4)17-18-26(35)5;1-3-5-7-6-4-2;1-3-4-2;2*1-2/h11,13-14,16-17,19-22H,1,9-10,12,15,18H2,2-8H3;3-7H2,1-2H3;3-4H2,1-2H3;2*1-2H3/b32-28+;;;;. The average Bonchev–Trinajstić information content (AvgIpc) is 3.47. The monoisotopic (exact) mass is 693 g/mol. The van der Waals surface area contributed by atoms with Crippen LogP contribution in [0, 0.1) is 20.8 Å². The normalized spacial score (nSPS) is 12.3. The van der Waals surface area contributed by atoms with Gasteiger partial charge in [-0.05, 0) is 141 Å². The lowest BCUT2D eigenvalue weighted by Gasteiger charge is -2.21. The number of fused-ring (bicyclic) bond motifs is 1. The third-order valence-corrected chi connectivity index (χ3v) is 9.83. The van der Waals surface area contributed by atoms with Crippen molar-refractivity contribution in [1.29, 1.82) is 0 Å². The summed E-state index contributed by atoms with van der Waals surface area (Å²) in [5, 5.41) is 2.76. The maximum absolute atomic E-state index is 4.31. The van der Waals surface area contributed by atoms with Crippen LogP contribution in [-0.4, -0.2) is 0 Å². The molecule has 0 nitrogen and oxygen atoms in total. The third-order valence-electron chi connectivity index (χ3n) is 9.83. The Balaban J connectivity index is 0.00000142. The molecule has 284 valence electrons. The first-order chi connectivity index (χ1) is 24.5. The lowest BCUT2D eigenvalue weighted by Crippen LogP contribution is -2.02. The predicted molar refractivity (Wildman–Crippen MR) is 238 cm³/mol. The van der Waals surface area contributed by atoms with Crippen LogP contribution in [0.15, 0.2) is 83.5 Å². The third kappa shape index (κ3) is 15.6. The SMILES string of the molecule is C=C(C)/C(C)=C(\CCCCc1cccc2cc(C)ccc12)c1ccc(C)c(C2=C(C)CC=C2C)c1C.CC.CC.CCCC.CCCCCCC. The van der Waals surface area contributed by atoms with Crippen molar-refractivity contribution >= 4 is 21.9 Å². The molecule has 0 atom stereocenters. The molecule has 0 saturated carbocycles. The zero-order chi connectivity index (χ0) is 38.9. The van der Waals surface area contributed by atoms with Crippen LogP contribution in [0.2, 0.25) is 0 Å². The van der Waals surface area contributed by atoms with E-state index in [-0.39, 0.29) is 0 Å². The van der Waals surface area contributed by atoms with Gasteiger partial charge in [0.1, 0.15) is 0 Å². The first kappa shape index (κ1) is 47.9. The molecule has 51 heavy (non-hydrogen) atoms. The van der Waals surface area contributed by atoms with Crippen molar-refractivity contribution in [2.75, 3.05) is 0 Å². The second kappa shape index (κ2) is 27.5. The van der Waals surface area contributed by atoms with Crippen molar-refractivity contribution in [3.8, 4) is 0 Å². The van der Waals surface area contributed by atoms with E-state index in [0.29, 0.717) is 0 Å². The minimum Gasteiger partial charge on any atom is -0.0958 e. The summed E-state index contributed by atoms with van der Waals surface area (Å²) >= 11 is 0. The predicted octanol–water partition coefficient (Wildman–Crippen LogP) is 17.5. The molecule has 0 aliphatic heterocycles. The van der Waals surface area contributed by atoms with Gasteiger partial charge in [-0.3, -0.25) is 0 Å². The van der Waals surface area contributed by atoms with Gasteiger partial charge < -0.3 is 0 Å². The molecule has 4 rings (SSSR count). The van der Waals surface area contributed by atoms with E-state index < -0.39 is 0 Å². The Hall–Kier alpha value is -3.12. The number of benzene rings is 3. The summed E-state index contributed by atoms with van der Waals surface area (Å²) in [4.78, 5) is 0. The average molecular weight is 693 g/mol. The van der Waals surface area contributed by atoms with Crippen LogP contribution in [0.3, 0.4) is 0 Å². The van der Waals surface area contributed by atoms with Gasteiger partial charge in [0.15, 0.2) is 0 Å². The molecule has 0 amide bonds. The quantitative estimate of drug-likeness (QED) is 0.124. The van der Waals surface area contributed by atoms with Crippen LogP contribution >= 0.6 is 0 Å². The molecule has 0 heterocycles. The van der Waals surface area contributed by atoms with Crippen LogP contribution in [0.25, 0.3) is 21.9 Å². The number of unbranched alkanes of at least 4 members (excludes halogenated alkanes) is 6. The second-order valence-electron chi connectivity index (χ2n) is 14.0. The summed E-state index contributed by atoms with van der Waals surface area (Å²) < 4.78 is 0. The first-order valence-electron chi connectivity index (χ1n) is 20.8. The smallest absolute Gasteiger partial charge is 0.0117 e. The highest BCUT2D eigenvalue weighted by Gasteiger charge is 2.20. The minimum absolute atomic E-state index is 1.07. The number of hydrogen-bond donors (Lipinski definition) is 0. The molecule has 0 fully saturated rings. The Morgan fingerprint density at radius 2 is 1.31 bits per heavy atom. The molecule has 0 unspecified atom stereocenters. The van der Waals surface area contributed by atoms with Gasteiger partial charge in [-0.2, -0.15) is 0 Å². The Morgan fingerprint density at radius 3 is 1.84 bits per heavy atom. The Kier molecular flexibility index (Phi) is 25.8. The van der Waals surface area contributed by atoms with Gasteiger partial charge in [0, 0.05) is 0 Å². The summed E-state index contributed by atoms with van der Waals surface area (Å²) in [7, 11) is 0. The van der Waals surface area contributed by atoms with Crippen LogP contribution in [-0.2, 0) is 6.42 Å². The number of hydrogen-bond acceptors (Lipinski definition) is 0. The van der Waals surface area contributed by atoms with Gasteiger partial charge in [-0.1, -0.05) is 178 Å². The minimum atomic E-state index is 1.07. The van der Waals surface area contributed by atoms with Crippen LogP contribution in [0.4, 0.5) is 0 Å². The first-order valence-corrected chi connectivity index (χ1v) is 20.8. The zero-order valence-electron chi connectivity index (χ0n) is 36.4. The van der Waals surface area contributed by atoms with Crippen molar-refractivity contribution in [1.82, 2.24) is 0 Å². The Morgan fingerprint density at radius 1 is 0.686 bits per heavy atom. The molecule has 3 aromatic carbocycles. The van der Waals surface area contributed by atoms with Gasteiger partial charge in [0.05, 0.1) is 0 Å². The highest BCUT2D eigenvalue weighted by atomic mass is 14.2. The zero-order valence-corrected chi connectivity index (χ0v) is 36.4. The molecule has 1 aliphatic rings. The molecule has 0 aromatic heterocycles. The number of allylic oxidation sites excluding steroid dienone is 7. The molecule has 0 N–H and O–H groups in total. The lowest BCUT2D eigenvalue weighted by molar-refractivity contribution is 0.656. The highest BCUT2D eigenvalue weighted by Crippen LogP contribution is 2.41. The fourth-order valence-electron chi connectivity index (χ4n) is 6.58. The molecule has 0 bridgehead atoms. The van der Waals surface area contributed by atoms with E-state index in [9.17, 15) is 0 Å². The Labute approximate surface area is 318 Å². The number of aryl methyl sites for hydroxylation is 3. The van der Waals surface area contributed by atoms with Gasteiger partial charge in [0.2, 0.25) is 0 Å². The van der Waals surface area contributed by atoms with Crippen LogP contribution < -0.4 is 0 Å². The fraction of sp³-hybridized carbons (Fsp3) is 0.529. The lowest BCUT2D eigenvalue weighted by atomic mass is 9.83. The summed E-state index contributed by atoms with van der Waals surface area (Å²) in [5.41, 5.74) is 16.8. The summed E-state index contributed by atoms with van der Waals surface area (Å²) in [6, 6.07) is 18.3. The van der Waals surface area contributed by atoms with E-state index in [0.717, 1.165) is 19.3 Å². The summed E-state index contributed by atoms with van der Waals surface area (Å²) in [6.45, 7) is 36.9. The second-order valence-corrected chi connectivity index (χ2v) is 14.0. The molecule has 0 spiro atoms. The molecule has 3 aromatic rings. The topological polar surface area (TPSA) is 0 Å². The van der Waals surface area contributed by atoms with Crippen molar-refractivity contribution < 1.29 is 0 Å². The van der Waals surface area contributed by atoms with Gasteiger partial charge in [-0.25, -0.2) is 0 Å². The van der Waals surface area contributed by atoms with Crippen LogP contribution in [0.5, 0.6) is 0 Å². The molecule has 0 saturated heterocycles. The molecule has 0 heteroatoms. The molecule has 0 radical (unpaired) electrons. The largest absolute Gasteiger partial charge is 0.0958 e. The van der Waals surface area contributed by atoms with E-state index in [2.05, 4.69) is 137 Å². The van der Waals surface area contributed by atoms with Crippen molar-refractivity contribution in [2.45, 2.75) is 181 Å². The number of rotatable bonds is 13. The Bertz CT molecular complexity index is 1530. The van der Waals surface area contributed by atoms with Crippen molar-refractivity contribution in [2.24, 2.45) is 0 Å². The summed E-state index contributed by atoms with van der Waals surface area (Å²) in [6.07, 6.45) is 17.7. The molecule has 1 aliphatic carbocycles. The maximum Gasteiger partial charge on any atom is -0.0117 e. The fourth-order valence-corrected chi connectivity index (χ4v) is 6.58. The van der Waals surface area contributed by atoms with Crippen molar-refractivity contribution in [3.05, 3.63) is 117 Å². The van der Waals surface area contributed by atoms with Gasteiger partial charge >= 0.3 is 0 Å². The van der Waals surface area contributed by atoms with Crippen molar-refractivity contribution in [3.63, 3.8) is 0 Å². The summed E-state index contributed by atoms with van der Waals surface area (Å²) in [5.74, 6) is 0. The van der Waals surface area contributed by atoms with Crippen LogP contribution in [0.1, 0.15) is 187 Å². The van der Waals surface area contributed by atoms with E-state index >= 15 is 0 Å². The maximum atomic E-state index is 4.31. The van der Waals surface area contributed by atoms with E-state index in [1.165, 1.54) is 135 Å². The molecular formula is C51H80. The van der Waals surface area contributed by atoms with E-state index in [1.54, 1.807) is 0 Å².